The average molecular weight is 569 g/mol. The highest BCUT2D eigenvalue weighted by molar-refractivity contribution is 5.98. The maximum absolute atomic E-state index is 14.7. The second-order valence-electron chi connectivity index (χ2n) is 13.5. The van der Waals surface area contributed by atoms with Gasteiger partial charge in [-0.15, -0.1) is 0 Å². The van der Waals surface area contributed by atoms with E-state index in [4.69, 9.17) is 9.47 Å². The number of esters is 2. The van der Waals surface area contributed by atoms with E-state index in [1.807, 2.05) is 39.8 Å². The van der Waals surface area contributed by atoms with Crippen LogP contribution < -0.4 is 0 Å². The summed E-state index contributed by atoms with van der Waals surface area (Å²) in [5.74, 6) is -3.98. The highest BCUT2D eigenvalue weighted by Crippen LogP contribution is 2.73. The van der Waals surface area contributed by atoms with Gasteiger partial charge in [0, 0.05) is 36.7 Å². The van der Waals surface area contributed by atoms with Crippen molar-refractivity contribution in [1.29, 1.82) is 0 Å². The van der Waals surface area contributed by atoms with Gasteiger partial charge < -0.3 is 14.6 Å². The number of carboxylic acids is 1. The molecule has 4 aliphatic rings. The molecule has 4 aliphatic carbocycles. The summed E-state index contributed by atoms with van der Waals surface area (Å²) in [6.07, 6.45) is 5.95. The number of rotatable bonds is 6. The van der Waals surface area contributed by atoms with Gasteiger partial charge in [-0.1, -0.05) is 45.4 Å². The number of aliphatic carboxylic acids is 1. The van der Waals surface area contributed by atoms with Gasteiger partial charge in [0.2, 0.25) is 0 Å². The van der Waals surface area contributed by atoms with Crippen LogP contribution >= 0.6 is 0 Å². The fourth-order valence-electron chi connectivity index (χ4n) is 9.19. The zero-order valence-electron chi connectivity index (χ0n) is 25.5. The first kappa shape index (κ1) is 30.9. The molecule has 9 atom stereocenters. The van der Waals surface area contributed by atoms with Gasteiger partial charge in [0.15, 0.2) is 17.7 Å². The number of hydrogen-bond donors (Lipinski definition) is 1. The number of hydrogen-bond acceptors (Lipinski definition) is 7. The van der Waals surface area contributed by atoms with Crippen LogP contribution in [0.15, 0.2) is 34.9 Å². The molecule has 3 saturated carbocycles. The maximum Gasteiger partial charge on any atom is 0.331 e. The molecule has 3 fully saturated rings. The van der Waals surface area contributed by atoms with E-state index < -0.39 is 58.2 Å². The number of fused-ring (bicyclic) bond motifs is 5. The fourth-order valence-corrected chi connectivity index (χ4v) is 9.19. The van der Waals surface area contributed by atoms with Gasteiger partial charge in [0.05, 0.1) is 0 Å². The fraction of sp³-hybridized carbons (Fsp3) is 0.667. The Morgan fingerprint density at radius 1 is 1.02 bits per heavy atom. The molecule has 1 N–H and O–H groups in total. The summed E-state index contributed by atoms with van der Waals surface area (Å²) in [5.41, 5.74) is -0.526. The Hall–Kier alpha value is -3.03. The van der Waals surface area contributed by atoms with Crippen LogP contribution in [-0.4, -0.2) is 46.8 Å². The second kappa shape index (κ2) is 10.7. The van der Waals surface area contributed by atoms with Gasteiger partial charge in [-0.2, -0.15) is 0 Å². The maximum atomic E-state index is 14.7. The van der Waals surface area contributed by atoms with Crippen molar-refractivity contribution in [2.45, 2.75) is 99.7 Å². The summed E-state index contributed by atoms with van der Waals surface area (Å²) < 4.78 is 11.6. The molecule has 0 spiro atoms. The highest BCUT2D eigenvalue weighted by Gasteiger charge is 2.74. The molecule has 8 nitrogen and oxygen atoms in total. The topological polar surface area (TPSA) is 124 Å². The molecule has 0 aromatic rings. The minimum Gasteiger partial charge on any atom is -0.478 e. The van der Waals surface area contributed by atoms with Crippen LogP contribution in [-0.2, 0) is 33.4 Å². The first-order chi connectivity index (χ1) is 19.0. The van der Waals surface area contributed by atoms with E-state index >= 15 is 0 Å². The molecule has 224 valence electrons. The molecule has 0 radical (unpaired) electrons. The summed E-state index contributed by atoms with van der Waals surface area (Å²) >= 11 is 0. The number of carboxylic acid groups (broad SMARTS) is 1. The van der Waals surface area contributed by atoms with Crippen molar-refractivity contribution in [2.24, 2.45) is 39.9 Å². The Balaban J connectivity index is 1.93. The molecular formula is C33H44O8. The summed E-state index contributed by atoms with van der Waals surface area (Å²) in [7, 11) is 0. The average Bonchev–Trinajstić information content (AvgIpc) is 3.14. The van der Waals surface area contributed by atoms with Crippen LogP contribution in [0.5, 0.6) is 0 Å². The van der Waals surface area contributed by atoms with E-state index in [1.54, 1.807) is 13.0 Å². The minimum atomic E-state index is -1.12. The quantitative estimate of drug-likeness (QED) is 0.257. The highest BCUT2D eigenvalue weighted by atomic mass is 16.5. The van der Waals surface area contributed by atoms with Crippen LogP contribution in [0.2, 0.25) is 0 Å². The summed E-state index contributed by atoms with van der Waals surface area (Å²) in [5, 5.41) is 10.4. The molecule has 4 rings (SSSR count). The molecule has 0 aliphatic heterocycles. The Labute approximate surface area is 242 Å². The lowest BCUT2D eigenvalue weighted by Crippen LogP contribution is -2.69. The Bertz CT molecular complexity index is 1270. The molecule has 0 bridgehead atoms. The number of allylic oxidation sites excluding steroid dienone is 4. The van der Waals surface area contributed by atoms with Gasteiger partial charge >= 0.3 is 17.9 Å². The van der Waals surface area contributed by atoms with Gasteiger partial charge in [-0.05, 0) is 80.3 Å². The molecular weight excluding hydrogens is 524 g/mol. The SMILES string of the molecule is CC(=O)O[C@H]1C[C@@]2(C)C(CCC3[C@@]4(C)C=CC(=O)[C@@H](C)C4[C@H](OC(C)=O)C(=O)[C@@]32C)/C1=C(/CCC=C(C)C)C(=O)O. The van der Waals surface area contributed by atoms with Crippen molar-refractivity contribution in [3.63, 3.8) is 0 Å². The predicted octanol–water partition coefficient (Wildman–Crippen LogP) is 5.40. The second-order valence-corrected chi connectivity index (χ2v) is 13.5. The largest absolute Gasteiger partial charge is 0.478 e. The van der Waals surface area contributed by atoms with E-state index in [0.29, 0.717) is 24.8 Å². The first-order valence-electron chi connectivity index (χ1n) is 14.7. The third kappa shape index (κ3) is 4.71. The molecule has 0 amide bonds. The smallest absolute Gasteiger partial charge is 0.331 e. The number of ketones is 2. The molecule has 0 aromatic carbocycles. The molecule has 0 aromatic heterocycles. The number of Topliss-reactive ketones (excluding diaryl/α,β-unsaturated/α-hetero) is 1. The van der Waals surface area contributed by atoms with E-state index in [-0.39, 0.29) is 41.8 Å². The summed E-state index contributed by atoms with van der Waals surface area (Å²) in [6, 6.07) is 0. The Morgan fingerprint density at radius 3 is 2.22 bits per heavy atom. The van der Waals surface area contributed by atoms with E-state index in [2.05, 4.69) is 6.92 Å². The van der Waals surface area contributed by atoms with Crippen LogP contribution in [0.3, 0.4) is 0 Å². The number of carbonyl (C=O) groups excluding carboxylic acids is 4. The molecule has 0 saturated heterocycles. The summed E-state index contributed by atoms with van der Waals surface area (Å²) in [6.45, 7) is 14.3. The third-order valence-corrected chi connectivity index (χ3v) is 11.0. The van der Waals surface area contributed by atoms with Crippen molar-refractivity contribution in [1.82, 2.24) is 0 Å². The van der Waals surface area contributed by atoms with Crippen LogP contribution in [0.1, 0.15) is 87.5 Å². The molecule has 0 heterocycles. The molecule has 41 heavy (non-hydrogen) atoms. The van der Waals surface area contributed by atoms with E-state index in [1.165, 1.54) is 13.8 Å². The lowest BCUT2D eigenvalue weighted by Gasteiger charge is -2.66. The first-order valence-corrected chi connectivity index (χ1v) is 14.7. The summed E-state index contributed by atoms with van der Waals surface area (Å²) in [4.78, 5) is 64.9. The number of carbonyl (C=O) groups is 5. The molecule has 8 heteroatoms. The Kier molecular flexibility index (Phi) is 8.04. The van der Waals surface area contributed by atoms with Crippen molar-refractivity contribution >= 4 is 29.5 Å². The van der Waals surface area contributed by atoms with Gasteiger partial charge in [0.1, 0.15) is 6.10 Å². The normalized spacial score (nSPS) is 40.6. The van der Waals surface area contributed by atoms with Crippen molar-refractivity contribution in [3.05, 3.63) is 34.9 Å². The third-order valence-electron chi connectivity index (χ3n) is 11.0. The van der Waals surface area contributed by atoms with Crippen LogP contribution in [0.4, 0.5) is 0 Å². The Morgan fingerprint density at radius 2 is 1.66 bits per heavy atom. The molecule has 3 unspecified atom stereocenters. The minimum absolute atomic E-state index is 0.0931. The van der Waals surface area contributed by atoms with Gasteiger partial charge in [0.25, 0.3) is 0 Å². The van der Waals surface area contributed by atoms with E-state index in [0.717, 1.165) is 5.57 Å². The standard InChI is InChI=1S/C33H44O8/c1-17(2)10-9-11-21(30(38)39)26-22-12-13-25-31(6)15-14-23(36)18(3)27(31)28(41-20(5)35)29(37)33(25,8)32(22,7)16-24(26)40-19(4)34/h10,14-15,18,22,24-25,27-28H,9,11-13,16H2,1-8H3,(H,38,39)/b26-21+/t18-,22?,24+,25?,27?,28+,31-,32+,33-/m1/s1. The van der Waals surface area contributed by atoms with Crippen molar-refractivity contribution in [2.75, 3.05) is 0 Å². The lowest BCUT2D eigenvalue weighted by atomic mass is 9.37. The number of ether oxygens (including phenoxy) is 2. The van der Waals surface area contributed by atoms with E-state index in [9.17, 15) is 29.1 Å². The zero-order valence-corrected chi connectivity index (χ0v) is 25.5. The van der Waals surface area contributed by atoms with Gasteiger partial charge in [-0.25, -0.2) is 4.79 Å². The van der Waals surface area contributed by atoms with Crippen molar-refractivity contribution < 1.29 is 38.6 Å². The predicted molar refractivity (Wildman–Crippen MR) is 151 cm³/mol. The van der Waals surface area contributed by atoms with Crippen LogP contribution in [0, 0.1) is 39.9 Å². The van der Waals surface area contributed by atoms with Gasteiger partial charge in [-0.3, -0.25) is 19.2 Å². The van der Waals surface area contributed by atoms with Crippen LogP contribution in [0.25, 0.3) is 0 Å². The monoisotopic (exact) mass is 568 g/mol. The van der Waals surface area contributed by atoms with Crippen molar-refractivity contribution in [3.8, 4) is 0 Å². The lowest BCUT2D eigenvalue weighted by molar-refractivity contribution is -0.207. The zero-order chi connectivity index (χ0) is 30.7.